The SMILES string of the molecule is S=C1SCCN1CCCCCCN1CCSC1=S. The van der Waals surface area contributed by atoms with Gasteiger partial charge in [0.2, 0.25) is 0 Å². The van der Waals surface area contributed by atoms with Crippen LogP contribution in [0.4, 0.5) is 0 Å². The van der Waals surface area contributed by atoms with Gasteiger partial charge in [0.05, 0.1) is 0 Å². The smallest absolute Gasteiger partial charge is 0.136 e. The van der Waals surface area contributed by atoms with E-state index in [1.54, 1.807) is 0 Å². The van der Waals surface area contributed by atoms with Crippen LogP contribution in [0, 0.1) is 0 Å². The maximum Gasteiger partial charge on any atom is 0.136 e. The maximum absolute atomic E-state index is 5.29. The third-order valence-electron chi connectivity index (χ3n) is 3.30. The van der Waals surface area contributed by atoms with Gasteiger partial charge in [-0.1, -0.05) is 60.8 Å². The molecule has 0 bridgehead atoms. The molecular formula is C12H20N2S4. The van der Waals surface area contributed by atoms with Crippen LogP contribution in [-0.2, 0) is 0 Å². The monoisotopic (exact) mass is 320 g/mol. The molecule has 0 aromatic rings. The summed E-state index contributed by atoms with van der Waals surface area (Å²) in [6.07, 6.45) is 5.19. The Bertz CT molecular complexity index is 278. The van der Waals surface area contributed by atoms with Gasteiger partial charge in [0, 0.05) is 37.7 Å². The Morgan fingerprint density at radius 3 is 1.56 bits per heavy atom. The van der Waals surface area contributed by atoms with Gasteiger partial charge in [-0.05, 0) is 12.8 Å². The number of nitrogens with zero attached hydrogens (tertiary/aromatic N) is 2. The molecule has 0 aromatic carbocycles. The molecule has 2 nitrogen and oxygen atoms in total. The van der Waals surface area contributed by atoms with Gasteiger partial charge in [-0.25, -0.2) is 0 Å². The van der Waals surface area contributed by atoms with E-state index < -0.39 is 0 Å². The van der Waals surface area contributed by atoms with Gasteiger partial charge in [-0.15, -0.1) is 0 Å². The predicted molar refractivity (Wildman–Crippen MR) is 91.7 cm³/mol. The molecule has 2 saturated heterocycles. The lowest BCUT2D eigenvalue weighted by Crippen LogP contribution is -2.25. The summed E-state index contributed by atoms with van der Waals surface area (Å²) in [7, 11) is 0. The molecule has 0 atom stereocenters. The molecule has 0 saturated carbocycles. The molecule has 0 aliphatic carbocycles. The standard InChI is InChI=1S/C12H20N2S4/c15-11-13(7-9-17-11)5-3-1-2-4-6-14-8-10-18-12(14)16/h1-10H2. The number of thioether (sulfide) groups is 2. The van der Waals surface area contributed by atoms with Crippen LogP contribution in [0.1, 0.15) is 25.7 Å². The highest BCUT2D eigenvalue weighted by Crippen LogP contribution is 2.20. The summed E-state index contributed by atoms with van der Waals surface area (Å²) in [6, 6.07) is 0. The summed E-state index contributed by atoms with van der Waals surface area (Å²) >= 11 is 14.2. The third kappa shape index (κ3) is 4.54. The topological polar surface area (TPSA) is 6.48 Å². The molecule has 2 heterocycles. The van der Waals surface area contributed by atoms with Gasteiger partial charge < -0.3 is 9.80 Å². The number of rotatable bonds is 7. The van der Waals surface area contributed by atoms with E-state index in [1.807, 2.05) is 23.5 Å². The van der Waals surface area contributed by atoms with Crippen LogP contribution in [-0.4, -0.2) is 56.1 Å². The summed E-state index contributed by atoms with van der Waals surface area (Å²) < 4.78 is 2.21. The summed E-state index contributed by atoms with van der Waals surface area (Å²) in [5, 5.41) is 0. The molecule has 18 heavy (non-hydrogen) atoms. The Morgan fingerprint density at radius 1 is 0.778 bits per heavy atom. The van der Waals surface area contributed by atoms with Gasteiger partial charge in [0.25, 0.3) is 0 Å². The second kappa shape index (κ2) is 7.92. The molecule has 0 aromatic heterocycles. The van der Waals surface area contributed by atoms with E-state index in [9.17, 15) is 0 Å². The lowest BCUT2D eigenvalue weighted by Gasteiger charge is -2.17. The highest BCUT2D eigenvalue weighted by atomic mass is 32.2. The fourth-order valence-electron chi connectivity index (χ4n) is 2.22. The van der Waals surface area contributed by atoms with Crippen molar-refractivity contribution in [2.45, 2.75) is 25.7 Å². The Hall–Kier alpha value is 0.480. The lowest BCUT2D eigenvalue weighted by atomic mass is 10.2. The first-order valence-corrected chi connectivity index (χ1v) is 9.39. The molecule has 0 spiro atoms. The van der Waals surface area contributed by atoms with E-state index in [-0.39, 0.29) is 0 Å². The second-order valence-corrected chi connectivity index (χ2v) is 8.07. The van der Waals surface area contributed by atoms with Crippen molar-refractivity contribution in [1.29, 1.82) is 0 Å². The Kier molecular flexibility index (Phi) is 6.55. The maximum atomic E-state index is 5.29. The predicted octanol–water partition coefficient (Wildman–Crippen LogP) is 3.21. The van der Waals surface area contributed by atoms with Crippen molar-refractivity contribution in [1.82, 2.24) is 9.80 Å². The Balaban J connectivity index is 1.46. The molecule has 0 N–H and O–H groups in total. The average molecular weight is 321 g/mol. The summed E-state index contributed by atoms with van der Waals surface area (Å²) in [4.78, 5) is 4.71. The first-order chi connectivity index (χ1) is 8.77. The highest BCUT2D eigenvalue weighted by Gasteiger charge is 2.17. The zero-order chi connectivity index (χ0) is 12.8. The van der Waals surface area contributed by atoms with E-state index in [2.05, 4.69) is 9.80 Å². The fourth-order valence-corrected chi connectivity index (χ4v) is 4.78. The van der Waals surface area contributed by atoms with Gasteiger partial charge in [-0.2, -0.15) is 0 Å². The van der Waals surface area contributed by atoms with Crippen LogP contribution in [0.5, 0.6) is 0 Å². The third-order valence-corrected chi connectivity index (χ3v) is 6.30. The van der Waals surface area contributed by atoms with E-state index in [1.165, 1.54) is 37.2 Å². The molecule has 2 aliphatic rings. The number of hydrogen-bond acceptors (Lipinski definition) is 4. The van der Waals surface area contributed by atoms with Crippen molar-refractivity contribution in [3.8, 4) is 0 Å². The zero-order valence-electron chi connectivity index (χ0n) is 10.6. The van der Waals surface area contributed by atoms with Crippen LogP contribution >= 0.6 is 48.0 Å². The summed E-state index contributed by atoms with van der Waals surface area (Å²) in [6.45, 7) is 4.62. The van der Waals surface area contributed by atoms with Crippen molar-refractivity contribution in [2.75, 3.05) is 37.7 Å². The molecule has 2 fully saturated rings. The van der Waals surface area contributed by atoms with Crippen LogP contribution in [0.3, 0.4) is 0 Å². The zero-order valence-corrected chi connectivity index (χ0v) is 13.9. The molecule has 0 radical (unpaired) electrons. The Morgan fingerprint density at radius 2 is 1.22 bits per heavy atom. The highest BCUT2D eigenvalue weighted by molar-refractivity contribution is 8.23. The Labute approximate surface area is 129 Å². The van der Waals surface area contributed by atoms with Gasteiger partial charge in [0.1, 0.15) is 8.64 Å². The van der Waals surface area contributed by atoms with Crippen molar-refractivity contribution < 1.29 is 0 Å². The normalized spacial score (nSPS) is 20.2. The van der Waals surface area contributed by atoms with Gasteiger partial charge >= 0.3 is 0 Å². The largest absolute Gasteiger partial charge is 0.357 e. The van der Waals surface area contributed by atoms with Crippen molar-refractivity contribution >= 4 is 56.6 Å². The molecule has 0 unspecified atom stereocenters. The molecule has 2 rings (SSSR count). The fraction of sp³-hybridized carbons (Fsp3) is 0.833. The van der Waals surface area contributed by atoms with Gasteiger partial charge in [0.15, 0.2) is 0 Å². The van der Waals surface area contributed by atoms with Crippen molar-refractivity contribution in [3.05, 3.63) is 0 Å². The first kappa shape index (κ1) is 14.9. The molecular weight excluding hydrogens is 300 g/mol. The van der Waals surface area contributed by atoms with Crippen LogP contribution in [0.25, 0.3) is 0 Å². The minimum Gasteiger partial charge on any atom is -0.357 e. The van der Waals surface area contributed by atoms with E-state index in [0.717, 1.165) is 34.8 Å². The molecule has 0 amide bonds. The lowest BCUT2D eigenvalue weighted by molar-refractivity contribution is 0.418. The van der Waals surface area contributed by atoms with Crippen LogP contribution in [0.15, 0.2) is 0 Å². The van der Waals surface area contributed by atoms with Crippen LogP contribution in [0.2, 0.25) is 0 Å². The van der Waals surface area contributed by atoms with Crippen molar-refractivity contribution in [2.24, 2.45) is 0 Å². The number of thiocarbonyl (C=S) groups is 2. The minimum atomic E-state index is 1.11. The number of hydrogen-bond donors (Lipinski definition) is 0. The summed E-state index contributed by atoms with van der Waals surface area (Å²) in [5.74, 6) is 2.37. The second-order valence-electron chi connectivity index (χ2n) is 4.62. The quantitative estimate of drug-likeness (QED) is 0.521. The average Bonchev–Trinajstić information content (AvgIpc) is 2.94. The van der Waals surface area contributed by atoms with Crippen LogP contribution < -0.4 is 0 Å². The first-order valence-electron chi connectivity index (χ1n) is 6.61. The van der Waals surface area contributed by atoms with E-state index in [0.29, 0.717) is 0 Å². The molecule has 6 heteroatoms. The minimum absolute atomic E-state index is 1.11. The summed E-state index contributed by atoms with van der Waals surface area (Å²) in [5.41, 5.74) is 0. The number of unbranched alkanes of at least 4 members (excludes halogenated alkanes) is 3. The molecule has 102 valence electrons. The van der Waals surface area contributed by atoms with E-state index in [4.69, 9.17) is 24.4 Å². The van der Waals surface area contributed by atoms with Gasteiger partial charge in [-0.3, -0.25) is 0 Å². The van der Waals surface area contributed by atoms with Crippen molar-refractivity contribution in [3.63, 3.8) is 0 Å². The molecule has 2 aliphatic heterocycles. The van der Waals surface area contributed by atoms with E-state index >= 15 is 0 Å².